The first-order chi connectivity index (χ1) is 12.9. The van der Waals surface area contributed by atoms with Crippen LogP contribution in [0.4, 0.5) is 14.5 Å². The molecule has 0 aliphatic carbocycles. The summed E-state index contributed by atoms with van der Waals surface area (Å²) in [4.78, 5) is 6.26. The first-order valence-electron chi connectivity index (χ1n) is 8.95. The summed E-state index contributed by atoms with van der Waals surface area (Å²) in [5, 5.41) is 0. The van der Waals surface area contributed by atoms with Gasteiger partial charge >= 0.3 is 0 Å². The average Bonchev–Trinajstić information content (AvgIpc) is 2.63. The van der Waals surface area contributed by atoms with Gasteiger partial charge in [0.25, 0.3) is 0 Å². The van der Waals surface area contributed by atoms with Crippen LogP contribution in [0.25, 0.3) is 0 Å². The van der Waals surface area contributed by atoms with E-state index in [1.807, 2.05) is 25.8 Å². The van der Waals surface area contributed by atoms with Gasteiger partial charge in [-0.3, -0.25) is 0 Å². The number of halogens is 2. The van der Waals surface area contributed by atoms with Crippen LogP contribution < -0.4 is 0 Å². The molecule has 0 saturated carbocycles. The zero-order valence-electron chi connectivity index (χ0n) is 15.8. The second kappa shape index (κ2) is 8.15. The molecule has 0 unspecified atom stereocenters. The van der Waals surface area contributed by atoms with E-state index in [9.17, 15) is 8.78 Å². The quantitative estimate of drug-likeness (QED) is 0.534. The number of ether oxygens (including phenoxy) is 2. The number of rotatable bonds is 7. The minimum atomic E-state index is -0.903. The van der Waals surface area contributed by atoms with Gasteiger partial charge < -0.3 is 14.4 Å². The van der Waals surface area contributed by atoms with Crippen LogP contribution in [0.5, 0.6) is 0 Å². The van der Waals surface area contributed by atoms with Crippen molar-refractivity contribution in [2.24, 2.45) is 4.99 Å². The van der Waals surface area contributed by atoms with E-state index in [4.69, 9.17) is 9.47 Å². The summed E-state index contributed by atoms with van der Waals surface area (Å²) in [6.07, 6.45) is 1.68. The van der Waals surface area contributed by atoms with Gasteiger partial charge in [0.2, 0.25) is 0 Å². The van der Waals surface area contributed by atoms with Crippen LogP contribution in [0, 0.1) is 18.6 Å². The number of benzene rings is 2. The number of hydrogen-bond acceptors (Lipinski definition) is 3. The fourth-order valence-electron chi connectivity index (χ4n) is 2.84. The minimum Gasteiger partial charge on any atom is -0.375 e. The molecule has 2 aromatic carbocycles. The van der Waals surface area contributed by atoms with Crippen LogP contribution in [-0.2, 0) is 21.7 Å². The maximum Gasteiger partial charge on any atom is 0.143 e. The van der Waals surface area contributed by atoms with E-state index in [2.05, 4.69) is 4.99 Å². The normalized spacial score (nSPS) is 15.7. The van der Waals surface area contributed by atoms with E-state index < -0.39 is 11.4 Å². The van der Waals surface area contributed by atoms with Gasteiger partial charge in [-0.15, -0.1) is 0 Å². The highest BCUT2D eigenvalue weighted by Gasteiger charge is 2.44. The number of hydrogen-bond donors (Lipinski definition) is 0. The van der Waals surface area contributed by atoms with Gasteiger partial charge in [0, 0.05) is 30.8 Å². The van der Waals surface area contributed by atoms with Crippen molar-refractivity contribution in [2.75, 3.05) is 26.8 Å². The molecule has 144 valence electrons. The van der Waals surface area contributed by atoms with E-state index in [1.165, 1.54) is 12.1 Å². The van der Waals surface area contributed by atoms with Crippen LogP contribution >= 0.6 is 0 Å². The summed E-state index contributed by atoms with van der Waals surface area (Å²) in [6, 6.07) is 9.57. The topological polar surface area (TPSA) is 34.1 Å². The third-order valence-electron chi connectivity index (χ3n) is 4.80. The smallest absolute Gasteiger partial charge is 0.143 e. The Morgan fingerprint density at radius 1 is 1.22 bits per heavy atom. The van der Waals surface area contributed by atoms with Gasteiger partial charge in [0.1, 0.15) is 17.2 Å². The average molecular weight is 374 g/mol. The standard InChI is InChI=1S/C21H24F2N2O2/c1-4-25(3)14-24-20-10-19(23)17(9-15(20)2)21(12-26-13-21)27-11-16-7-5-6-8-18(16)22/h5-10,14H,4,11-13H2,1-3H3. The predicted octanol–water partition coefficient (Wildman–Crippen LogP) is 4.33. The third-order valence-corrected chi connectivity index (χ3v) is 4.80. The summed E-state index contributed by atoms with van der Waals surface area (Å²) in [7, 11) is 1.90. The lowest BCUT2D eigenvalue weighted by molar-refractivity contribution is -0.224. The molecule has 3 rings (SSSR count). The summed E-state index contributed by atoms with van der Waals surface area (Å²) in [5.41, 5.74) is 1.36. The van der Waals surface area contributed by atoms with Crippen molar-refractivity contribution in [1.29, 1.82) is 0 Å². The lowest BCUT2D eigenvalue weighted by Gasteiger charge is -2.42. The molecule has 0 atom stereocenters. The zero-order chi connectivity index (χ0) is 19.4. The highest BCUT2D eigenvalue weighted by molar-refractivity contribution is 5.63. The second-order valence-corrected chi connectivity index (χ2v) is 6.80. The van der Waals surface area contributed by atoms with Crippen LogP contribution in [0.2, 0.25) is 0 Å². The zero-order valence-corrected chi connectivity index (χ0v) is 15.8. The third kappa shape index (κ3) is 4.17. The van der Waals surface area contributed by atoms with Gasteiger partial charge in [0.15, 0.2) is 0 Å². The summed E-state index contributed by atoms with van der Waals surface area (Å²) < 4.78 is 40.0. The molecular formula is C21H24F2N2O2. The summed E-state index contributed by atoms with van der Waals surface area (Å²) in [6.45, 7) is 5.22. The van der Waals surface area contributed by atoms with Gasteiger partial charge in [-0.05, 0) is 31.5 Å². The van der Waals surface area contributed by atoms with Crippen LogP contribution in [0.1, 0.15) is 23.6 Å². The monoisotopic (exact) mass is 374 g/mol. The lowest BCUT2D eigenvalue weighted by atomic mass is 9.89. The molecule has 1 fully saturated rings. The van der Waals surface area contributed by atoms with E-state index in [1.54, 1.807) is 30.6 Å². The molecule has 1 aliphatic heterocycles. The van der Waals surface area contributed by atoms with E-state index in [0.717, 1.165) is 12.1 Å². The van der Waals surface area contributed by atoms with Crippen molar-refractivity contribution in [3.8, 4) is 0 Å². The Morgan fingerprint density at radius 2 is 1.96 bits per heavy atom. The molecule has 1 saturated heterocycles. The maximum atomic E-state index is 14.9. The molecule has 0 bridgehead atoms. The van der Waals surface area contributed by atoms with E-state index >= 15 is 0 Å². The maximum absolute atomic E-state index is 14.9. The number of aliphatic imine (C=N–C) groups is 1. The van der Waals surface area contributed by atoms with E-state index in [-0.39, 0.29) is 25.6 Å². The van der Waals surface area contributed by atoms with E-state index in [0.29, 0.717) is 16.8 Å². The molecule has 0 amide bonds. The molecule has 6 heteroatoms. The van der Waals surface area contributed by atoms with Crippen molar-refractivity contribution in [3.05, 3.63) is 64.7 Å². The second-order valence-electron chi connectivity index (χ2n) is 6.80. The molecule has 0 N–H and O–H groups in total. The fourth-order valence-corrected chi connectivity index (χ4v) is 2.84. The Bertz CT molecular complexity index is 835. The predicted molar refractivity (Wildman–Crippen MR) is 101 cm³/mol. The van der Waals surface area contributed by atoms with Crippen LogP contribution in [0.3, 0.4) is 0 Å². The fraction of sp³-hybridized carbons (Fsp3) is 0.381. The minimum absolute atomic E-state index is 0.0513. The largest absolute Gasteiger partial charge is 0.375 e. The summed E-state index contributed by atoms with van der Waals surface area (Å²) in [5.74, 6) is -0.738. The first-order valence-corrected chi connectivity index (χ1v) is 8.95. The van der Waals surface area contributed by atoms with Crippen LogP contribution in [-0.4, -0.2) is 38.0 Å². The highest BCUT2D eigenvalue weighted by Crippen LogP contribution is 2.38. The van der Waals surface area contributed by atoms with Gasteiger partial charge in [-0.25, -0.2) is 13.8 Å². The Morgan fingerprint density at radius 3 is 2.59 bits per heavy atom. The summed E-state index contributed by atoms with van der Waals surface area (Å²) >= 11 is 0. The molecule has 27 heavy (non-hydrogen) atoms. The molecule has 2 aromatic rings. The molecule has 1 aliphatic rings. The van der Waals surface area contributed by atoms with Crippen molar-refractivity contribution in [2.45, 2.75) is 26.1 Å². The van der Waals surface area contributed by atoms with Crippen molar-refractivity contribution in [3.63, 3.8) is 0 Å². The van der Waals surface area contributed by atoms with Crippen molar-refractivity contribution in [1.82, 2.24) is 4.90 Å². The lowest BCUT2D eigenvalue weighted by Crippen LogP contribution is -2.49. The number of aryl methyl sites for hydroxylation is 1. The Labute approximate surface area is 158 Å². The van der Waals surface area contributed by atoms with Crippen LogP contribution in [0.15, 0.2) is 41.4 Å². The molecule has 0 aromatic heterocycles. The Balaban J connectivity index is 1.83. The van der Waals surface area contributed by atoms with Gasteiger partial charge in [-0.2, -0.15) is 0 Å². The van der Waals surface area contributed by atoms with Crippen molar-refractivity contribution >= 4 is 12.0 Å². The molecular weight excluding hydrogens is 350 g/mol. The molecule has 1 heterocycles. The Kier molecular flexibility index (Phi) is 5.87. The molecule has 4 nitrogen and oxygen atoms in total. The molecule has 0 radical (unpaired) electrons. The van der Waals surface area contributed by atoms with Crippen molar-refractivity contribution < 1.29 is 18.3 Å². The van der Waals surface area contributed by atoms with Gasteiger partial charge in [-0.1, -0.05) is 18.2 Å². The van der Waals surface area contributed by atoms with Gasteiger partial charge in [0.05, 0.1) is 31.8 Å². The number of nitrogens with zero attached hydrogens (tertiary/aromatic N) is 2. The first kappa shape index (κ1) is 19.5. The Hall–Kier alpha value is -2.31. The highest BCUT2D eigenvalue weighted by atomic mass is 19.1. The SMILES string of the molecule is CCN(C)C=Nc1cc(F)c(C2(OCc3ccccc3F)COC2)cc1C. The molecule has 0 spiro atoms.